The van der Waals surface area contributed by atoms with Crippen LogP contribution in [0.25, 0.3) is 0 Å². The molecule has 3 rings (SSSR count). The highest BCUT2D eigenvalue weighted by molar-refractivity contribution is 7.89. The minimum Gasteiger partial charge on any atom is -0.469 e. The van der Waals surface area contributed by atoms with Crippen molar-refractivity contribution in [2.45, 2.75) is 62.3 Å². The van der Waals surface area contributed by atoms with Crippen LogP contribution in [0.1, 0.15) is 50.5 Å². The number of benzene rings is 2. The Balaban J connectivity index is 1.71. The van der Waals surface area contributed by atoms with Crippen LogP contribution in [-0.2, 0) is 30.8 Å². The molecule has 0 spiro atoms. The molecule has 1 saturated carbocycles. The van der Waals surface area contributed by atoms with Crippen molar-refractivity contribution in [1.29, 1.82) is 0 Å². The molecule has 2 aromatic carbocycles. The number of esters is 1. The molecule has 0 saturated heterocycles. The Morgan fingerprint density at radius 1 is 1.03 bits per heavy atom. The average Bonchev–Trinajstić information content (AvgIpc) is 2.83. The van der Waals surface area contributed by atoms with E-state index in [1.165, 1.54) is 37.8 Å². The molecule has 0 heterocycles. The fraction of sp³-hybridized carbons (Fsp3) is 0.440. The fourth-order valence-electron chi connectivity index (χ4n) is 4.17. The van der Waals surface area contributed by atoms with Gasteiger partial charge in [0.05, 0.1) is 12.0 Å². The second-order valence-corrected chi connectivity index (χ2v) is 10.8. The van der Waals surface area contributed by atoms with Gasteiger partial charge in [-0.25, -0.2) is 8.42 Å². The van der Waals surface area contributed by atoms with E-state index in [2.05, 4.69) is 14.8 Å². The molecule has 1 amide bonds. The zero-order valence-corrected chi connectivity index (χ0v) is 20.8. The maximum Gasteiger partial charge on any atom is 0.305 e. The zero-order chi connectivity index (χ0) is 24.6. The maximum atomic E-state index is 13.2. The van der Waals surface area contributed by atoms with Gasteiger partial charge in [0.25, 0.3) is 0 Å². The van der Waals surface area contributed by atoms with Gasteiger partial charge in [-0.05, 0) is 60.7 Å². The van der Waals surface area contributed by atoms with E-state index in [-0.39, 0.29) is 23.2 Å². The number of hydrogen-bond donors (Lipinski definition) is 2. The molecule has 1 aliphatic carbocycles. The van der Waals surface area contributed by atoms with Crippen LogP contribution in [0.2, 0.25) is 5.02 Å². The number of aryl methyl sites for hydroxylation is 1. The zero-order valence-electron chi connectivity index (χ0n) is 19.3. The Morgan fingerprint density at radius 2 is 1.68 bits per heavy atom. The number of anilines is 1. The van der Waals surface area contributed by atoms with Crippen LogP contribution in [0.5, 0.6) is 0 Å². The summed E-state index contributed by atoms with van der Waals surface area (Å²) in [5, 5.41) is 3.28. The molecule has 1 aliphatic rings. The van der Waals surface area contributed by atoms with E-state index >= 15 is 0 Å². The van der Waals surface area contributed by atoms with Crippen LogP contribution in [0, 0.1) is 5.92 Å². The van der Waals surface area contributed by atoms with Gasteiger partial charge >= 0.3 is 5.97 Å². The minimum atomic E-state index is -3.90. The largest absolute Gasteiger partial charge is 0.469 e. The lowest BCUT2D eigenvalue weighted by Crippen LogP contribution is -2.45. The van der Waals surface area contributed by atoms with Gasteiger partial charge in [-0.15, -0.1) is 0 Å². The lowest BCUT2D eigenvalue weighted by Gasteiger charge is -2.26. The predicted octanol–water partition coefficient (Wildman–Crippen LogP) is 4.70. The smallest absolute Gasteiger partial charge is 0.305 e. The number of amides is 1. The highest BCUT2D eigenvalue weighted by Gasteiger charge is 2.29. The van der Waals surface area contributed by atoms with E-state index in [1.54, 1.807) is 12.1 Å². The van der Waals surface area contributed by atoms with Crippen LogP contribution in [0.4, 0.5) is 5.69 Å². The summed E-state index contributed by atoms with van der Waals surface area (Å²) in [5.74, 6) is -0.389. The number of ether oxygens (including phenoxy) is 1. The Kier molecular flexibility index (Phi) is 9.50. The van der Waals surface area contributed by atoms with Crippen molar-refractivity contribution >= 4 is 39.2 Å². The lowest BCUT2D eigenvalue weighted by atomic mass is 9.85. The first-order valence-corrected chi connectivity index (χ1v) is 13.4. The minimum absolute atomic E-state index is 0.0632. The standard InChI is InChI=1S/C25H31ClN2O5S/c1-33-24(29)16-9-18-7-12-21(13-8-18)27-25(30)23(17-19-5-3-2-4-6-19)28-34(31,32)22-14-10-20(26)11-15-22/h7-8,10-15,19,23,28H,2-6,9,16-17H2,1H3,(H,27,30). The van der Waals surface area contributed by atoms with Crippen molar-refractivity contribution < 1.29 is 22.7 Å². The van der Waals surface area contributed by atoms with Crippen LogP contribution in [-0.4, -0.2) is 33.4 Å². The highest BCUT2D eigenvalue weighted by atomic mass is 35.5. The molecule has 1 atom stereocenters. The molecule has 0 aliphatic heterocycles. The van der Waals surface area contributed by atoms with E-state index in [0.29, 0.717) is 23.6 Å². The normalized spacial score (nSPS) is 15.5. The van der Waals surface area contributed by atoms with Crippen molar-refractivity contribution in [3.63, 3.8) is 0 Å². The number of hydrogen-bond acceptors (Lipinski definition) is 5. The summed E-state index contributed by atoms with van der Waals surface area (Å²) in [6.07, 6.45) is 6.58. The third-order valence-corrected chi connectivity index (χ3v) is 7.84. The lowest BCUT2D eigenvalue weighted by molar-refractivity contribution is -0.140. The van der Waals surface area contributed by atoms with Crippen molar-refractivity contribution in [1.82, 2.24) is 4.72 Å². The average molecular weight is 507 g/mol. The topological polar surface area (TPSA) is 102 Å². The number of carbonyl (C=O) groups excluding carboxylic acids is 2. The van der Waals surface area contributed by atoms with E-state index in [9.17, 15) is 18.0 Å². The van der Waals surface area contributed by atoms with E-state index < -0.39 is 22.0 Å². The summed E-state index contributed by atoms with van der Waals surface area (Å²) in [6.45, 7) is 0. The summed E-state index contributed by atoms with van der Waals surface area (Å²) in [4.78, 5) is 24.6. The van der Waals surface area contributed by atoms with Gasteiger partial charge < -0.3 is 10.1 Å². The Morgan fingerprint density at radius 3 is 2.29 bits per heavy atom. The van der Waals surface area contributed by atoms with Crippen molar-refractivity contribution in [2.24, 2.45) is 5.92 Å². The molecule has 1 unspecified atom stereocenters. The van der Waals surface area contributed by atoms with Gasteiger partial charge in [-0.1, -0.05) is 55.8 Å². The van der Waals surface area contributed by atoms with Crippen molar-refractivity contribution in [3.8, 4) is 0 Å². The van der Waals surface area contributed by atoms with Gasteiger partial charge in [0.1, 0.15) is 6.04 Å². The molecular formula is C25H31ClN2O5S. The first-order valence-electron chi connectivity index (χ1n) is 11.5. The number of rotatable bonds is 10. The summed E-state index contributed by atoms with van der Waals surface area (Å²) >= 11 is 5.89. The van der Waals surface area contributed by atoms with Crippen LogP contribution in [0.3, 0.4) is 0 Å². The number of sulfonamides is 1. The van der Waals surface area contributed by atoms with E-state index in [4.69, 9.17) is 11.6 Å². The number of methoxy groups -OCH3 is 1. The quantitative estimate of drug-likeness (QED) is 0.455. The monoisotopic (exact) mass is 506 g/mol. The Bertz CT molecular complexity index is 1070. The Hall–Kier alpha value is -2.42. The van der Waals surface area contributed by atoms with E-state index in [0.717, 1.165) is 31.2 Å². The summed E-state index contributed by atoms with van der Waals surface area (Å²) in [5.41, 5.74) is 1.50. The number of carbonyl (C=O) groups is 2. The van der Waals surface area contributed by atoms with E-state index in [1.807, 2.05) is 12.1 Å². The molecule has 0 radical (unpaired) electrons. The van der Waals surface area contributed by atoms with Gasteiger partial charge in [0, 0.05) is 17.1 Å². The molecule has 0 aromatic heterocycles. The van der Waals surface area contributed by atoms with Crippen LogP contribution < -0.4 is 10.0 Å². The molecular weight excluding hydrogens is 476 g/mol. The molecule has 2 N–H and O–H groups in total. The van der Waals surface area contributed by atoms with Gasteiger partial charge in [-0.2, -0.15) is 4.72 Å². The third kappa shape index (κ3) is 7.82. The maximum absolute atomic E-state index is 13.2. The number of halogens is 1. The second-order valence-electron chi connectivity index (χ2n) is 8.63. The molecule has 0 bridgehead atoms. The van der Waals surface area contributed by atoms with Gasteiger partial charge in [-0.3, -0.25) is 9.59 Å². The fourth-order valence-corrected chi connectivity index (χ4v) is 5.50. The van der Waals surface area contributed by atoms with Gasteiger partial charge in [0.15, 0.2) is 0 Å². The summed E-state index contributed by atoms with van der Waals surface area (Å²) in [6, 6.07) is 12.1. The molecule has 9 heteroatoms. The summed E-state index contributed by atoms with van der Waals surface area (Å²) < 4.78 is 33.2. The van der Waals surface area contributed by atoms with Crippen LogP contribution >= 0.6 is 11.6 Å². The summed E-state index contributed by atoms with van der Waals surface area (Å²) in [7, 11) is -2.55. The predicted molar refractivity (Wildman–Crippen MR) is 132 cm³/mol. The molecule has 184 valence electrons. The SMILES string of the molecule is COC(=O)CCc1ccc(NC(=O)C(CC2CCCCC2)NS(=O)(=O)c2ccc(Cl)cc2)cc1. The Labute approximate surface area is 206 Å². The number of nitrogens with one attached hydrogen (secondary N) is 2. The van der Waals surface area contributed by atoms with Gasteiger partial charge in [0.2, 0.25) is 15.9 Å². The first kappa shape index (κ1) is 26.2. The molecule has 7 nitrogen and oxygen atoms in total. The molecule has 1 fully saturated rings. The van der Waals surface area contributed by atoms with Crippen molar-refractivity contribution in [3.05, 3.63) is 59.1 Å². The highest BCUT2D eigenvalue weighted by Crippen LogP contribution is 2.28. The molecule has 34 heavy (non-hydrogen) atoms. The third-order valence-electron chi connectivity index (χ3n) is 6.10. The van der Waals surface area contributed by atoms with Crippen LogP contribution in [0.15, 0.2) is 53.4 Å². The van der Waals surface area contributed by atoms with Crippen molar-refractivity contribution in [2.75, 3.05) is 12.4 Å². The second kappa shape index (κ2) is 12.3. The molecule has 2 aromatic rings. The first-order chi connectivity index (χ1) is 16.3.